The van der Waals surface area contributed by atoms with Crippen molar-refractivity contribution in [1.82, 2.24) is 0 Å². The maximum absolute atomic E-state index is 13.2. The van der Waals surface area contributed by atoms with Crippen LogP contribution in [0.4, 0.5) is 10.1 Å². The number of hydrogen-bond acceptors (Lipinski definition) is 3. The topological polar surface area (TPSA) is 55.4 Å². The van der Waals surface area contributed by atoms with Crippen molar-refractivity contribution in [2.75, 3.05) is 11.9 Å². The summed E-state index contributed by atoms with van der Waals surface area (Å²) in [5, 5.41) is 2.64. The van der Waals surface area contributed by atoms with Gasteiger partial charge in [-0.2, -0.15) is 0 Å². The van der Waals surface area contributed by atoms with Crippen molar-refractivity contribution in [3.63, 3.8) is 0 Å². The number of ether oxygens (including phenoxy) is 1. The summed E-state index contributed by atoms with van der Waals surface area (Å²) >= 11 is 3.29. The van der Waals surface area contributed by atoms with Gasteiger partial charge >= 0.3 is 0 Å². The number of rotatable bonds is 5. The Morgan fingerprint density at radius 3 is 2.81 bits per heavy atom. The molecule has 1 N–H and O–H groups in total. The highest BCUT2D eigenvalue weighted by atomic mass is 79.9. The van der Waals surface area contributed by atoms with Crippen LogP contribution < -0.4 is 10.1 Å². The summed E-state index contributed by atoms with van der Waals surface area (Å²) in [5.41, 5.74) is 0.767. The third-order valence-corrected chi connectivity index (χ3v) is 3.00. The fraction of sp³-hybridized carbons (Fsp3) is 0.0667. The number of benzene rings is 2. The second-order valence-corrected chi connectivity index (χ2v) is 5.10. The summed E-state index contributed by atoms with van der Waals surface area (Å²) in [7, 11) is 0. The molecule has 0 saturated heterocycles. The molecule has 0 saturated carbocycles. The van der Waals surface area contributed by atoms with Crippen molar-refractivity contribution in [2.24, 2.45) is 0 Å². The lowest BCUT2D eigenvalue weighted by Gasteiger charge is -2.08. The number of amides is 1. The van der Waals surface area contributed by atoms with Gasteiger partial charge in [-0.15, -0.1) is 0 Å². The molecule has 108 valence electrons. The van der Waals surface area contributed by atoms with Gasteiger partial charge in [0.25, 0.3) is 5.91 Å². The maximum atomic E-state index is 13.2. The first-order chi connectivity index (χ1) is 10.1. The Kier molecular flexibility index (Phi) is 5.05. The lowest BCUT2D eigenvalue weighted by atomic mass is 10.2. The van der Waals surface area contributed by atoms with E-state index in [1.54, 1.807) is 18.2 Å². The Balaban J connectivity index is 1.95. The van der Waals surface area contributed by atoms with Crippen LogP contribution in [-0.2, 0) is 4.79 Å². The monoisotopic (exact) mass is 351 g/mol. The first-order valence-electron chi connectivity index (χ1n) is 6.01. The first-order valence-corrected chi connectivity index (χ1v) is 6.80. The molecule has 2 aromatic rings. The molecule has 0 aliphatic rings. The number of aldehydes is 1. The molecule has 0 spiro atoms. The van der Waals surface area contributed by atoms with Gasteiger partial charge in [0.1, 0.15) is 17.9 Å². The number of hydrogen-bond donors (Lipinski definition) is 1. The van der Waals surface area contributed by atoms with Gasteiger partial charge in [-0.25, -0.2) is 4.39 Å². The van der Waals surface area contributed by atoms with Gasteiger partial charge < -0.3 is 10.1 Å². The summed E-state index contributed by atoms with van der Waals surface area (Å²) in [6.07, 6.45) is 0.511. The third-order valence-electron chi connectivity index (χ3n) is 2.51. The van der Waals surface area contributed by atoms with Crippen molar-refractivity contribution in [2.45, 2.75) is 0 Å². The smallest absolute Gasteiger partial charge is 0.262 e. The lowest BCUT2D eigenvalue weighted by molar-refractivity contribution is -0.118. The summed E-state index contributed by atoms with van der Waals surface area (Å²) < 4.78 is 19.2. The molecular weight excluding hydrogens is 341 g/mol. The number of nitrogens with one attached hydrogen (secondary N) is 1. The molecule has 0 fully saturated rings. The molecule has 0 atom stereocenters. The van der Waals surface area contributed by atoms with Gasteiger partial charge in [0, 0.05) is 21.8 Å². The van der Waals surface area contributed by atoms with Crippen LogP contribution in [0.2, 0.25) is 0 Å². The summed E-state index contributed by atoms with van der Waals surface area (Å²) in [6, 6.07) is 10.6. The molecule has 0 aliphatic heterocycles. The zero-order valence-corrected chi connectivity index (χ0v) is 12.4. The van der Waals surface area contributed by atoms with E-state index in [4.69, 9.17) is 4.74 Å². The molecule has 6 heteroatoms. The van der Waals surface area contributed by atoms with Gasteiger partial charge in [0.2, 0.25) is 0 Å². The van der Waals surface area contributed by atoms with E-state index >= 15 is 0 Å². The minimum atomic E-state index is -0.595. The average molecular weight is 352 g/mol. The van der Waals surface area contributed by atoms with Crippen molar-refractivity contribution >= 4 is 33.8 Å². The SMILES string of the molecule is O=Cc1cc(F)cc(OCC(=O)Nc2cccc(Br)c2)c1. The van der Waals surface area contributed by atoms with Crippen LogP contribution in [0, 0.1) is 5.82 Å². The molecule has 21 heavy (non-hydrogen) atoms. The molecule has 0 radical (unpaired) electrons. The van der Waals surface area contributed by atoms with Gasteiger partial charge in [-0.1, -0.05) is 22.0 Å². The van der Waals surface area contributed by atoms with Gasteiger partial charge in [0.05, 0.1) is 0 Å². The van der Waals surface area contributed by atoms with E-state index in [1.807, 2.05) is 6.07 Å². The largest absolute Gasteiger partial charge is 0.484 e. The van der Waals surface area contributed by atoms with Crippen LogP contribution in [-0.4, -0.2) is 18.8 Å². The van der Waals surface area contributed by atoms with E-state index in [0.717, 1.165) is 16.6 Å². The van der Waals surface area contributed by atoms with Crippen LogP contribution in [0.15, 0.2) is 46.9 Å². The Morgan fingerprint density at radius 1 is 1.29 bits per heavy atom. The molecule has 0 heterocycles. The normalized spacial score (nSPS) is 10.0. The number of halogens is 2. The van der Waals surface area contributed by atoms with E-state index in [-0.39, 0.29) is 23.8 Å². The quantitative estimate of drug-likeness (QED) is 0.839. The molecular formula is C15H11BrFNO3. The Hall–Kier alpha value is -2.21. The highest BCUT2D eigenvalue weighted by molar-refractivity contribution is 9.10. The molecule has 4 nitrogen and oxygen atoms in total. The summed E-state index contributed by atoms with van der Waals surface area (Å²) in [4.78, 5) is 22.3. The minimum Gasteiger partial charge on any atom is -0.484 e. The van der Waals surface area contributed by atoms with Crippen molar-refractivity contribution in [3.05, 3.63) is 58.3 Å². The zero-order valence-electron chi connectivity index (χ0n) is 10.8. The Morgan fingerprint density at radius 2 is 2.10 bits per heavy atom. The van der Waals surface area contributed by atoms with Crippen LogP contribution in [0.25, 0.3) is 0 Å². The second-order valence-electron chi connectivity index (χ2n) is 4.19. The van der Waals surface area contributed by atoms with Crippen molar-refractivity contribution < 1.29 is 18.7 Å². The Bertz CT molecular complexity index is 676. The predicted molar refractivity (Wildman–Crippen MR) is 80.1 cm³/mol. The highest BCUT2D eigenvalue weighted by Gasteiger charge is 2.06. The van der Waals surface area contributed by atoms with Crippen LogP contribution >= 0.6 is 15.9 Å². The Labute approximate surface area is 129 Å². The number of carbonyl (C=O) groups is 2. The average Bonchev–Trinajstić information content (AvgIpc) is 2.44. The molecule has 0 unspecified atom stereocenters. The molecule has 0 aliphatic carbocycles. The maximum Gasteiger partial charge on any atom is 0.262 e. The fourth-order valence-electron chi connectivity index (χ4n) is 1.65. The van der Waals surface area contributed by atoms with E-state index in [9.17, 15) is 14.0 Å². The van der Waals surface area contributed by atoms with E-state index in [0.29, 0.717) is 12.0 Å². The molecule has 2 aromatic carbocycles. The molecule has 0 aromatic heterocycles. The van der Waals surface area contributed by atoms with Crippen molar-refractivity contribution in [3.8, 4) is 5.75 Å². The highest BCUT2D eigenvalue weighted by Crippen LogP contribution is 2.17. The predicted octanol–water partition coefficient (Wildman–Crippen LogP) is 3.42. The first kappa shape index (κ1) is 15.2. The molecule has 0 bridgehead atoms. The number of anilines is 1. The van der Waals surface area contributed by atoms with E-state index in [1.165, 1.54) is 6.07 Å². The molecule has 1 amide bonds. The van der Waals surface area contributed by atoms with Gasteiger partial charge in [0.15, 0.2) is 6.61 Å². The van der Waals surface area contributed by atoms with Crippen LogP contribution in [0.1, 0.15) is 10.4 Å². The van der Waals surface area contributed by atoms with E-state index < -0.39 is 5.82 Å². The lowest BCUT2D eigenvalue weighted by Crippen LogP contribution is -2.20. The third kappa shape index (κ3) is 4.68. The minimum absolute atomic E-state index is 0.126. The van der Waals surface area contributed by atoms with Crippen LogP contribution in [0.3, 0.4) is 0 Å². The number of carbonyl (C=O) groups excluding carboxylic acids is 2. The molecule has 2 rings (SSSR count). The standard InChI is InChI=1S/C15H11BrFNO3/c16-11-2-1-3-13(6-11)18-15(20)9-21-14-5-10(8-19)4-12(17)7-14/h1-8H,9H2,(H,18,20). The zero-order chi connectivity index (χ0) is 15.2. The summed E-state index contributed by atoms with van der Waals surface area (Å²) in [5.74, 6) is -0.853. The second kappa shape index (κ2) is 6.99. The van der Waals surface area contributed by atoms with Crippen LogP contribution in [0.5, 0.6) is 5.75 Å². The van der Waals surface area contributed by atoms with Gasteiger partial charge in [-0.05, 0) is 30.3 Å². The summed E-state index contributed by atoms with van der Waals surface area (Å²) in [6.45, 7) is -0.283. The van der Waals surface area contributed by atoms with E-state index in [2.05, 4.69) is 21.2 Å². The van der Waals surface area contributed by atoms with Crippen molar-refractivity contribution in [1.29, 1.82) is 0 Å². The fourth-order valence-corrected chi connectivity index (χ4v) is 2.05. The van der Waals surface area contributed by atoms with Gasteiger partial charge in [-0.3, -0.25) is 9.59 Å².